The summed E-state index contributed by atoms with van der Waals surface area (Å²) in [5.74, 6) is 0. The Morgan fingerprint density at radius 3 is 3.00 bits per heavy atom. The van der Waals surface area contributed by atoms with E-state index in [0.717, 1.165) is 19.5 Å². The molecule has 0 saturated heterocycles. The predicted molar refractivity (Wildman–Crippen MR) is 110 cm³/mol. The van der Waals surface area contributed by atoms with Gasteiger partial charge in [-0.3, -0.25) is 9.88 Å². The summed E-state index contributed by atoms with van der Waals surface area (Å²) in [5.41, 5.74) is 11.4. The van der Waals surface area contributed by atoms with Gasteiger partial charge in [-0.15, -0.1) is 0 Å². The lowest BCUT2D eigenvalue weighted by Gasteiger charge is -2.37. The Kier molecular flexibility index (Phi) is 5.79. The fourth-order valence-corrected chi connectivity index (χ4v) is 4.89. The number of nitrogens with two attached hydrogens (primary N) is 1. The van der Waals surface area contributed by atoms with Crippen molar-refractivity contribution < 1.29 is 0 Å². The molecule has 5 heteroatoms. The Balaban J connectivity index is 1.53. The van der Waals surface area contributed by atoms with E-state index in [4.69, 9.17) is 10.7 Å². The van der Waals surface area contributed by atoms with Crippen molar-refractivity contribution >= 4 is 0 Å². The summed E-state index contributed by atoms with van der Waals surface area (Å²) in [6.45, 7) is 2.53. The first-order chi connectivity index (χ1) is 13.3. The first kappa shape index (κ1) is 18.5. The molecule has 2 aliphatic carbocycles. The molecule has 0 saturated carbocycles. The number of fused-ring (bicyclic) bond motifs is 1. The van der Waals surface area contributed by atoms with E-state index in [1.54, 1.807) is 0 Å². The molecule has 0 aromatic carbocycles. The smallest absolute Gasteiger partial charge is 0.111 e. The molecule has 1 aromatic heterocycles. The van der Waals surface area contributed by atoms with E-state index in [1.807, 2.05) is 6.20 Å². The quantitative estimate of drug-likeness (QED) is 0.757. The fraction of sp³-hybridized carbons (Fsp3) is 0.591. The van der Waals surface area contributed by atoms with Crippen LogP contribution in [0.15, 0.2) is 41.9 Å². The van der Waals surface area contributed by atoms with Crippen molar-refractivity contribution in [2.45, 2.75) is 57.2 Å². The second-order valence-electron chi connectivity index (χ2n) is 8.02. The molecule has 146 valence electrons. The monoisotopic (exact) mass is 367 g/mol. The van der Waals surface area contributed by atoms with Crippen LogP contribution in [0.2, 0.25) is 0 Å². The van der Waals surface area contributed by atoms with Crippen molar-refractivity contribution in [3.05, 3.63) is 53.1 Å². The number of rotatable bonds is 6. The molecule has 1 aliphatic heterocycles. The lowest BCUT2D eigenvalue weighted by atomic mass is 9.90. The zero-order valence-corrected chi connectivity index (χ0v) is 16.5. The van der Waals surface area contributed by atoms with Crippen LogP contribution >= 0.6 is 0 Å². The minimum absolute atomic E-state index is 0.355. The van der Waals surface area contributed by atoms with Crippen LogP contribution < -0.4 is 11.1 Å². The Hall–Kier alpha value is -1.85. The largest absolute Gasteiger partial charge is 0.366 e. The van der Waals surface area contributed by atoms with Crippen molar-refractivity contribution in [2.24, 2.45) is 5.73 Å². The van der Waals surface area contributed by atoms with E-state index in [2.05, 4.69) is 46.4 Å². The maximum absolute atomic E-state index is 5.69. The number of pyridine rings is 1. The Bertz CT molecular complexity index is 710. The molecule has 2 unspecified atom stereocenters. The van der Waals surface area contributed by atoms with Gasteiger partial charge in [-0.05, 0) is 56.6 Å². The molecule has 2 atom stereocenters. The van der Waals surface area contributed by atoms with Crippen LogP contribution in [0.1, 0.15) is 55.8 Å². The van der Waals surface area contributed by atoms with Gasteiger partial charge in [-0.2, -0.15) is 0 Å². The predicted octanol–water partition coefficient (Wildman–Crippen LogP) is 2.92. The third-order valence-electron chi connectivity index (χ3n) is 6.33. The number of nitrogens with zero attached hydrogens (tertiary/aromatic N) is 3. The van der Waals surface area contributed by atoms with Gasteiger partial charge >= 0.3 is 0 Å². The van der Waals surface area contributed by atoms with E-state index in [0.29, 0.717) is 18.8 Å². The van der Waals surface area contributed by atoms with E-state index in [9.17, 15) is 0 Å². The highest BCUT2D eigenvalue weighted by molar-refractivity contribution is 5.26. The molecule has 4 rings (SSSR count). The first-order valence-electron chi connectivity index (χ1n) is 10.5. The standard InChI is InChI=1S/C22H33N5/c1-26-19-11-3-2-10-18(19)25-21(26)16-27(15-5-4-13-23)20-12-6-8-17-9-7-14-24-22(17)20/h4-5,7,9,14,20-21,25H,2-3,6,8,10-13,15-16,23H2,1H3/b5-4+. The first-order valence-corrected chi connectivity index (χ1v) is 10.5. The number of aromatic nitrogens is 1. The summed E-state index contributed by atoms with van der Waals surface area (Å²) in [6.07, 6.45) is 15.2. The lowest BCUT2D eigenvalue weighted by molar-refractivity contribution is 0.139. The molecular formula is C22H33N5. The van der Waals surface area contributed by atoms with Gasteiger partial charge in [0.1, 0.15) is 6.17 Å². The molecule has 0 bridgehead atoms. The highest BCUT2D eigenvalue weighted by Crippen LogP contribution is 2.35. The van der Waals surface area contributed by atoms with Gasteiger partial charge in [0.05, 0.1) is 11.7 Å². The molecule has 3 N–H and O–H groups in total. The summed E-state index contributed by atoms with van der Waals surface area (Å²) >= 11 is 0. The van der Waals surface area contributed by atoms with Crippen LogP contribution in [0.4, 0.5) is 0 Å². The highest BCUT2D eigenvalue weighted by atomic mass is 15.4. The highest BCUT2D eigenvalue weighted by Gasteiger charge is 2.34. The van der Waals surface area contributed by atoms with Crippen molar-refractivity contribution in [1.29, 1.82) is 0 Å². The molecule has 5 nitrogen and oxygen atoms in total. The van der Waals surface area contributed by atoms with Crippen molar-refractivity contribution in [2.75, 3.05) is 26.7 Å². The zero-order valence-electron chi connectivity index (χ0n) is 16.5. The van der Waals surface area contributed by atoms with Crippen LogP contribution in [0.5, 0.6) is 0 Å². The number of likely N-dealkylation sites (N-methyl/N-ethyl adjacent to an activating group) is 1. The summed E-state index contributed by atoms with van der Waals surface area (Å²) in [4.78, 5) is 9.86. The Labute approximate surface area is 163 Å². The molecule has 0 fully saturated rings. The second kappa shape index (κ2) is 8.44. The third kappa shape index (κ3) is 3.90. The molecule has 1 aromatic rings. The van der Waals surface area contributed by atoms with Crippen LogP contribution in [0.25, 0.3) is 0 Å². The zero-order chi connectivity index (χ0) is 18.6. The fourth-order valence-electron chi connectivity index (χ4n) is 4.89. The topological polar surface area (TPSA) is 57.4 Å². The normalized spacial score (nSPS) is 25.1. The lowest BCUT2D eigenvalue weighted by Crippen LogP contribution is -2.47. The summed E-state index contributed by atoms with van der Waals surface area (Å²) in [5, 5.41) is 3.82. The molecule has 2 heterocycles. The average Bonchev–Trinajstić information content (AvgIpc) is 3.03. The van der Waals surface area contributed by atoms with Crippen molar-refractivity contribution in [1.82, 2.24) is 20.1 Å². The maximum Gasteiger partial charge on any atom is 0.111 e. The Morgan fingerprint density at radius 1 is 1.26 bits per heavy atom. The number of hydrogen-bond acceptors (Lipinski definition) is 5. The van der Waals surface area contributed by atoms with E-state index >= 15 is 0 Å². The van der Waals surface area contributed by atoms with Gasteiger partial charge < -0.3 is 16.0 Å². The molecular weight excluding hydrogens is 334 g/mol. The van der Waals surface area contributed by atoms with Gasteiger partial charge in [-0.1, -0.05) is 18.2 Å². The van der Waals surface area contributed by atoms with E-state index < -0.39 is 0 Å². The van der Waals surface area contributed by atoms with Crippen LogP contribution in [-0.4, -0.2) is 47.6 Å². The number of nitrogens with one attached hydrogen (secondary N) is 1. The molecule has 0 spiro atoms. The molecule has 27 heavy (non-hydrogen) atoms. The minimum Gasteiger partial charge on any atom is -0.366 e. The minimum atomic E-state index is 0.355. The average molecular weight is 368 g/mol. The maximum atomic E-state index is 5.69. The summed E-state index contributed by atoms with van der Waals surface area (Å²) in [6, 6.07) is 4.72. The van der Waals surface area contributed by atoms with Crippen LogP contribution in [0, 0.1) is 0 Å². The van der Waals surface area contributed by atoms with Gasteiger partial charge in [0, 0.05) is 44.3 Å². The van der Waals surface area contributed by atoms with Gasteiger partial charge in [-0.25, -0.2) is 0 Å². The number of aryl methyl sites for hydroxylation is 1. The van der Waals surface area contributed by atoms with Crippen molar-refractivity contribution in [3.8, 4) is 0 Å². The van der Waals surface area contributed by atoms with Gasteiger partial charge in [0.15, 0.2) is 0 Å². The SMILES string of the molecule is CN1C2=C(CCCC2)NC1CN(C/C=C/CN)C1CCCc2cccnc21. The van der Waals surface area contributed by atoms with Crippen LogP contribution in [-0.2, 0) is 6.42 Å². The van der Waals surface area contributed by atoms with E-state index in [1.165, 1.54) is 61.2 Å². The second-order valence-corrected chi connectivity index (χ2v) is 8.02. The molecule has 3 aliphatic rings. The van der Waals surface area contributed by atoms with Crippen LogP contribution in [0.3, 0.4) is 0 Å². The number of allylic oxidation sites excluding steroid dienone is 2. The summed E-state index contributed by atoms with van der Waals surface area (Å²) in [7, 11) is 2.26. The number of hydrogen-bond donors (Lipinski definition) is 2. The van der Waals surface area contributed by atoms with Gasteiger partial charge in [0.25, 0.3) is 0 Å². The molecule has 0 amide bonds. The summed E-state index contributed by atoms with van der Waals surface area (Å²) < 4.78 is 0. The third-order valence-corrected chi connectivity index (χ3v) is 6.33. The van der Waals surface area contributed by atoms with Gasteiger partial charge in [0.2, 0.25) is 0 Å². The van der Waals surface area contributed by atoms with Crippen molar-refractivity contribution in [3.63, 3.8) is 0 Å². The Morgan fingerprint density at radius 2 is 2.15 bits per heavy atom. The van der Waals surface area contributed by atoms with E-state index in [-0.39, 0.29) is 0 Å². The molecule has 0 radical (unpaired) electrons.